The van der Waals surface area contributed by atoms with E-state index in [2.05, 4.69) is 0 Å². The standard InChI is InChI=1S/C15H26N4O5/c20-15(16-7-1-13(2-8-16)5-11-18(21)22)17-9-3-14(4-10-17)6-12-19(23)24/h13-14H,1-12H2. The van der Waals surface area contributed by atoms with Crippen LogP contribution in [0.5, 0.6) is 0 Å². The van der Waals surface area contributed by atoms with Crippen LogP contribution in [0.2, 0.25) is 0 Å². The molecule has 2 rings (SSSR count). The molecule has 2 aliphatic heterocycles. The molecule has 0 aromatic heterocycles. The second-order valence-electron chi connectivity index (χ2n) is 6.83. The van der Waals surface area contributed by atoms with E-state index in [-0.39, 0.29) is 29.0 Å². The zero-order valence-electron chi connectivity index (χ0n) is 14.0. The highest BCUT2D eigenvalue weighted by molar-refractivity contribution is 5.74. The van der Waals surface area contributed by atoms with Crippen LogP contribution < -0.4 is 0 Å². The van der Waals surface area contributed by atoms with Crippen molar-refractivity contribution in [1.82, 2.24) is 9.80 Å². The first-order valence-corrected chi connectivity index (χ1v) is 8.73. The van der Waals surface area contributed by atoms with Crippen molar-refractivity contribution in [2.75, 3.05) is 39.3 Å². The number of nitro groups is 2. The topological polar surface area (TPSA) is 110 Å². The Morgan fingerprint density at radius 3 is 1.42 bits per heavy atom. The van der Waals surface area contributed by atoms with Crippen molar-refractivity contribution in [3.05, 3.63) is 20.2 Å². The second kappa shape index (κ2) is 8.79. The molecule has 9 nitrogen and oxygen atoms in total. The Morgan fingerprint density at radius 1 is 0.792 bits per heavy atom. The van der Waals surface area contributed by atoms with E-state index in [4.69, 9.17) is 0 Å². The fourth-order valence-electron chi connectivity index (χ4n) is 3.60. The fraction of sp³-hybridized carbons (Fsp3) is 0.933. The molecule has 0 spiro atoms. The fourth-order valence-corrected chi connectivity index (χ4v) is 3.60. The van der Waals surface area contributed by atoms with Gasteiger partial charge in [-0.05, 0) is 37.5 Å². The van der Waals surface area contributed by atoms with E-state index in [1.165, 1.54) is 0 Å². The molecule has 24 heavy (non-hydrogen) atoms. The van der Waals surface area contributed by atoms with Gasteiger partial charge < -0.3 is 9.80 Å². The highest BCUT2D eigenvalue weighted by atomic mass is 16.6. The molecular weight excluding hydrogens is 316 g/mol. The number of urea groups is 1. The molecule has 0 atom stereocenters. The van der Waals surface area contributed by atoms with Crippen molar-refractivity contribution in [2.24, 2.45) is 11.8 Å². The van der Waals surface area contributed by atoms with Gasteiger partial charge in [0.1, 0.15) is 0 Å². The molecule has 0 radical (unpaired) electrons. The Kier molecular flexibility index (Phi) is 6.74. The summed E-state index contributed by atoms with van der Waals surface area (Å²) >= 11 is 0. The highest BCUT2D eigenvalue weighted by Gasteiger charge is 2.29. The summed E-state index contributed by atoms with van der Waals surface area (Å²) in [6, 6.07) is 0.0513. The lowest BCUT2D eigenvalue weighted by molar-refractivity contribution is -0.481. The molecule has 0 aromatic carbocycles. The van der Waals surface area contributed by atoms with Crippen LogP contribution >= 0.6 is 0 Å². The van der Waals surface area contributed by atoms with Crippen molar-refractivity contribution in [2.45, 2.75) is 38.5 Å². The summed E-state index contributed by atoms with van der Waals surface area (Å²) in [6.07, 6.45) is 4.52. The minimum atomic E-state index is -0.277. The molecule has 2 saturated heterocycles. The van der Waals surface area contributed by atoms with Crippen LogP contribution in [0.15, 0.2) is 0 Å². The minimum absolute atomic E-state index is 0.0102. The zero-order chi connectivity index (χ0) is 17.5. The molecule has 0 bridgehead atoms. The van der Waals surface area contributed by atoms with Gasteiger partial charge in [0, 0.05) is 48.9 Å². The van der Waals surface area contributed by atoms with E-state index in [9.17, 15) is 25.0 Å². The summed E-state index contributed by atoms with van der Waals surface area (Å²) in [7, 11) is 0. The number of piperidine rings is 2. The predicted molar refractivity (Wildman–Crippen MR) is 86.9 cm³/mol. The van der Waals surface area contributed by atoms with Gasteiger partial charge in [-0.1, -0.05) is 0 Å². The Labute approximate surface area is 141 Å². The summed E-state index contributed by atoms with van der Waals surface area (Å²) in [5.74, 6) is 0.680. The number of carbonyl (C=O) groups is 1. The molecule has 0 unspecified atom stereocenters. The monoisotopic (exact) mass is 342 g/mol. The maximum atomic E-state index is 12.5. The van der Waals surface area contributed by atoms with Crippen molar-refractivity contribution < 1.29 is 14.6 Å². The largest absolute Gasteiger partial charge is 0.325 e. The maximum Gasteiger partial charge on any atom is 0.319 e. The molecule has 2 fully saturated rings. The highest BCUT2D eigenvalue weighted by Crippen LogP contribution is 2.24. The van der Waals surface area contributed by atoms with E-state index >= 15 is 0 Å². The maximum absolute atomic E-state index is 12.5. The van der Waals surface area contributed by atoms with E-state index < -0.39 is 0 Å². The molecule has 0 aromatic rings. The van der Waals surface area contributed by atoms with Crippen molar-refractivity contribution in [3.63, 3.8) is 0 Å². The lowest BCUT2D eigenvalue weighted by atomic mass is 9.93. The smallest absolute Gasteiger partial charge is 0.319 e. The quantitative estimate of drug-likeness (QED) is 0.540. The van der Waals surface area contributed by atoms with Gasteiger partial charge in [0.25, 0.3) is 0 Å². The lowest BCUT2D eigenvalue weighted by Crippen LogP contribution is -2.49. The Hall–Kier alpha value is -1.93. The second-order valence-corrected chi connectivity index (χ2v) is 6.83. The number of rotatable bonds is 6. The Bertz CT molecular complexity index is 417. The summed E-state index contributed by atoms with van der Waals surface area (Å²) in [5, 5.41) is 20.9. The predicted octanol–water partition coefficient (Wildman–Crippen LogP) is 1.86. The molecule has 136 valence electrons. The molecule has 0 saturated carbocycles. The van der Waals surface area contributed by atoms with Crippen LogP contribution in [-0.2, 0) is 0 Å². The van der Waals surface area contributed by atoms with E-state index in [1.54, 1.807) is 0 Å². The van der Waals surface area contributed by atoms with Crippen LogP contribution in [-0.4, -0.2) is 64.9 Å². The van der Waals surface area contributed by atoms with Gasteiger partial charge in [0.2, 0.25) is 13.1 Å². The van der Waals surface area contributed by atoms with E-state index in [0.29, 0.717) is 50.9 Å². The number of hydrogen-bond acceptors (Lipinski definition) is 5. The average molecular weight is 342 g/mol. The normalized spacial score (nSPS) is 20.2. The zero-order valence-corrected chi connectivity index (χ0v) is 14.0. The average Bonchev–Trinajstić information content (AvgIpc) is 2.58. The molecular formula is C15H26N4O5. The van der Waals surface area contributed by atoms with Gasteiger partial charge in [-0.25, -0.2) is 4.79 Å². The van der Waals surface area contributed by atoms with E-state index in [1.807, 2.05) is 9.80 Å². The molecule has 0 N–H and O–H groups in total. The van der Waals surface area contributed by atoms with E-state index in [0.717, 1.165) is 25.7 Å². The Balaban J connectivity index is 1.68. The summed E-state index contributed by atoms with van der Waals surface area (Å²) in [5.41, 5.74) is 0. The van der Waals surface area contributed by atoms with Gasteiger partial charge in [0.15, 0.2) is 0 Å². The molecule has 0 aliphatic carbocycles. The molecule has 2 amide bonds. The van der Waals surface area contributed by atoms with Crippen LogP contribution in [0.3, 0.4) is 0 Å². The van der Waals surface area contributed by atoms with Gasteiger partial charge in [-0.3, -0.25) is 20.2 Å². The molecule has 2 aliphatic rings. The van der Waals surface area contributed by atoms with Crippen LogP contribution in [0.1, 0.15) is 38.5 Å². The Morgan fingerprint density at radius 2 is 1.12 bits per heavy atom. The van der Waals surface area contributed by atoms with Gasteiger partial charge in [-0.15, -0.1) is 0 Å². The lowest BCUT2D eigenvalue weighted by Gasteiger charge is -2.38. The number of amides is 2. The number of nitrogens with zero attached hydrogens (tertiary/aromatic N) is 4. The first-order valence-electron chi connectivity index (χ1n) is 8.73. The van der Waals surface area contributed by atoms with Gasteiger partial charge >= 0.3 is 6.03 Å². The number of hydrogen-bond donors (Lipinski definition) is 0. The third kappa shape index (κ3) is 5.61. The van der Waals surface area contributed by atoms with Crippen molar-refractivity contribution in [3.8, 4) is 0 Å². The summed E-state index contributed by atoms with van der Waals surface area (Å²) in [4.78, 5) is 36.5. The number of carbonyl (C=O) groups excluding carboxylic acids is 1. The first kappa shape index (κ1) is 18.4. The third-order valence-corrected chi connectivity index (χ3v) is 5.21. The van der Waals surface area contributed by atoms with Gasteiger partial charge in [0.05, 0.1) is 0 Å². The summed E-state index contributed by atoms with van der Waals surface area (Å²) in [6.45, 7) is 2.70. The number of likely N-dealkylation sites (tertiary alicyclic amines) is 2. The summed E-state index contributed by atoms with van der Waals surface area (Å²) < 4.78 is 0. The first-order chi connectivity index (χ1) is 11.5. The SMILES string of the molecule is O=C(N1CCC(CC[N+](=O)[O-])CC1)N1CCC(CC[N+](=O)[O-])CC1. The van der Waals surface area contributed by atoms with Crippen LogP contribution in [0.4, 0.5) is 4.79 Å². The molecule has 2 heterocycles. The van der Waals surface area contributed by atoms with Crippen LogP contribution in [0, 0.1) is 32.1 Å². The van der Waals surface area contributed by atoms with Crippen molar-refractivity contribution in [1.29, 1.82) is 0 Å². The van der Waals surface area contributed by atoms with Crippen molar-refractivity contribution >= 4 is 6.03 Å². The molecule has 9 heteroatoms. The van der Waals surface area contributed by atoms with Gasteiger partial charge in [-0.2, -0.15) is 0 Å². The van der Waals surface area contributed by atoms with Crippen LogP contribution in [0.25, 0.3) is 0 Å². The minimum Gasteiger partial charge on any atom is -0.325 e. The third-order valence-electron chi connectivity index (χ3n) is 5.21.